The number of hydrogen-bond donors (Lipinski definition) is 1. The van der Waals surface area contributed by atoms with E-state index in [9.17, 15) is 14.7 Å². The van der Waals surface area contributed by atoms with Gasteiger partial charge in [-0.3, -0.25) is 4.79 Å². The van der Waals surface area contributed by atoms with Gasteiger partial charge >= 0.3 is 5.97 Å². The van der Waals surface area contributed by atoms with Gasteiger partial charge in [-0.25, -0.2) is 4.79 Å². The minimum Gasteiger partial charge on any atom is -0.466 e. The third-order valence-electron chi connectivity index (χ3n) is 7.32. The predicted molar refractivity (Wildman–Crippen MR) is 95.8 cm³/mol. The SMILES string of the molecule is COC(=O)C=C1CCC2=C(C(=O)CC3C2(C)CCC(O)C3(C)C)C1C. The zero-order valence-electron chi connectivity index (χ0n) is 16.0. The van der Waals surface area contributed by atoms with Gasteiger partial charge in [0, 0.05) is 24.0 Å². The molecule has 0 amide bonds. The molecular weight excluding hydrogens is 316 g/mol. The number of methoxy groups -OCH3 is 1. The van der Waals surface area contributed by atoms with Crippen LogP contribution in [0.15, 0.2) is 22.8 Å². The maximum absolute atomic E-state index is 13.0. The van der Waals surface area contributed by atoms with Gasteiger partial charge in [0.2, 0.25) is 0 Å². The fourth-order valence-corrected chi connectivity index (χ4v) is 5.66. The smallest absolute Gasteiger partial charge is 0.330 e. The van der Waals surface area contributed by atoms with E-state index in [1.54, 1.807) is 6.08 Å². The molecule has 0 saturated heterocycles. The largest absolute Gasteiger partial charge is 0.466 e. The number of carbonyl (C=O) groups excluding carboxylic acids is 2. The van der Waals surface area contributed by atoms with Crippen LogP contribution in [0.25, 0.3) is 0 Å². The molecule has 0 radical (unpaired) electrons. The van der Waals surface area contributed by atoms with Crippen molar-refractivity contribution in [3.05, 3.63) is 22.8 Å². The number of Topliss-reactive ketones (excluding diaryl/α,β-unsaturated/α-hetero) is 1. The van der Waals surface area contributed by atoms with Crippen LogP contribution >= 0.6 is 0 Å². The average Bonchev–Trinajstić information content (AvgIpc) is 2.56. The predicted octanol–water partition coefficient (Wildman–Crippen LogP) is 3.59. The van der Waals surface area contributed by atoms with Crippen LogP contribution in [0.5, 0.6) is 0 Å². The van der Waals surface area contributed by atoms with E-state index in [4.69, 9.17) is 4.74 Å². The minimum atomic E-state index is -0.351. The fraction of sp³-hybridized carbons (Fsp3) is 0.714. The highest BCUT2D eigenvalue weighted by atomic mass is 16.5. The Hall–Kier alpha value is -1.42. The molecule has 0 aromatic rings. The van der Waals surface area contributed by atoms with Gasteiger partial charge in [-0.1, -0.05) is 38.8 Å². The van der Waals surface area contributed by atoms with Crippen LogP contribution in [0.1, 0.15) is 59.8 Å². The number of aliphatic hydroxyl groups is 1. The second-order valence-electron chi connectivity index (χ2n) is 8.83. The van der Waals surface area contributed by atoms with E-state index in [0.717, 1.165) is 36.8 Å². The lowest BCUT2D eigenvalue weighted by atomic mass is 9.47. The van der Waals surface area contributed by atoms with E-state index < -0.39 is 0 Å². The Balaban J connectivity index is 2.06. The lowest BCUT2D eigenvalue weighted by Crippen LogP contribution is -2.54. The molecule has 1 N–H and O–H groups in total. The summed E-state index contributed by atoms with van der Waals surface area (Å²) in [7, 11) is 1.38. The molecule has 0 heterocycles. The van der Waals surface area contributed by atoms with E-state index in [-0.39, 0.29) is 40.5 Å². The normalized spacial score (nSPS) is 39.0. The third kappa shape index (κ3) is 2.69. The highest BCUT2D eigenvalue weighted by molar-refractivity contribution is 5.99. The van der Waals surface area contributed by atoms with Gasteiger partial charge in [-0.05, 0) is 42.4 Å². The van der Waals surface area contributed by atoms with Crippen molar-refractivity contribution in [2.24, 2.45) is 22.7 Å². The molecule has 0 spiro atoms. The average molecular weight is 346 g/mol. The number of fused-ring (bicyclic) bond motifs is 2. The van der Waals surface area contributed by atoms with Crippen LogP contribution < -0.4 is 0 Å². The lowest BCUT2D eigenvalue weighted by molar-refractivity contribution is -0.135. The molecule has 1 saturated carbocycles. The van der Waals surface area contributed by atoms with Gasteiger partial charge in [0.15, 0.2) is 5.78 Å². The summed E-state index contributed by atoms with van der Waals surface area (Å²) >= 11 is 0. The molecule has 4 atom stereocenters. The molecule has 0 bridgehead atoms. The number of carbonyl (C=O) groups is 2. The van der Waals surface area contributed by atoms with E-state index in [2.05, 4.69) is 20.8 Å². The Kier molecular flexibility index (Phi) is 4.47. The molecule has 4 heteroatoms. The molecule has 4 unspecified atom stereocenters. The number of ether oxygens (including phenoxy) is 1. The van der Waals surface area contributed by atoms with Gasteiger partial charge in [0.05, 0.1) is 13.2 Å². The first-order valence-electron chi connectivity index (χ1n) is 9.36. The zero-order valence-corrected chi connectivity index (χ0v) is 16.0. The van der Waals surface area contributed by atoms with Crippen molar-refractivity contribution in [3.63, 3.8) is 0 Å². The highest BCUT2D eigenvalue weighted by Crippen LogP contribution is 2.61. The van der Waals surface area contributed by atoms with Gasteiger partial charge in [-0.15, -0.1) is 0 Å². The molecule has 0 aromatic carbocycles. The fourth-order valence-electron chi connectivity index (χ4n) is 5.66. The van der Waals surface area contributed by atoms with Gasteiger partial charge < -0.3 is 9.84 Å². The highest BCUT2D eigenvalue weighted by Gasteiger charge is 2.56. The molecule has 25 heavy (non-hydrogen) atoms. The molecule has 3 rings (SSSR count). The summed E-state index contributed by atoms with van der Waals surface area (Å²) in [4.78, 5) is 24.7. The molecule has 3 aliphatic rings. The maximum Gasteiger partial charge on any atom is 0.330 e. The monoisotopic (exact) mass is 346 g/mol. The van der Waals surface area contributed by atoms with Gasteiger partial charge in [0.1, 0.15) is 0 Å². The Morgan fingerprint density at radius 1 is 1.28 bits per heavy atom. The molecule has 4 nitrogen and oxygen atoms in total. The first-order valence-corrected chi connectivity index (χ1v) is 9.36. The topological polar surface area (TPSA) is 63.6 Å². The number of hydrogen-bond acceptors (Lipinski definition) is 4. The molecule has 0 aromatic heterocycles. The number of aliphatic hydroxyl groups excluding tert-OH is 1. The second-order valence-corrected chi connectivity index (χ2v) is 8.83. The zero-order chi connectivity index (χ0) is 18.6. The van der Waals surface area contributed by atoms with Crippen LogP contribution in [0, 0.1) is 22.7 Å². The Labute approximate surface area is 150 Å². The molecule has 0 aliphatic heterocycles. The number of allylic oxidation sites excluding steroid dienone is 3. The minimum absolute atomic E-state index is 0.0249. The van der Waals surface area contributed by atoms with Crippen molar-refractivity contribution in [1.82, 2.24) is 0 Å². The summed E-state index contributed by atoms with van der Waals surface area (Å²) in [5.41, 5.74) is 2.91. The van der Waals surface area contributed by atoms with Gasteiger partial charge in [0.25, 0.3) is 0 Å². The Bertz CT molecular complexity index is 669. The standard InChI is InChI=1S/C21H30O4/c1-12-13(10-18(24)25-5)6-7-14-19(12)15(22)11-16-20(2,3)17(23)8-9-21(14,16)4/h10,12,16-17,23H,6-9,11H2,1-5H3. The summed E-state index contributed by atoms with van der Waals surface area (Å²) in [6.07, 6.45) is 5.04. The molecule has 3 aliphatic carbocycles. The summed E-state index contributed by atoms with van der Waals surface area (Å²) in [6.45, 7) is 8.53. The summed E-state index contributed by atoms with van der Waals surface area (Å²) in [5, 5.41) is 10.5. The van der Waals surface area contributed by atoms with Crippen molar-refractivity contribution < 1.29 is 19.4 Å². The third-order valence-corrected chi connectivity index (χ3v) is 7.32. The second kappa shape index (κ2) is 6.08. The number of rotatable bonds is 1. The van der Waals surface area contributed by atoms with Crippen molar-refractivity contribution in [3.8, 4) is 0 Å². The van der Waals surface area contributed by atoms with Gasteiger partial charge in [-0.2, -0.15) is 0 Å². The summed E-state index contributed by atoms with van der Waals surface area (Å²) < 4.78 is 4.76. The van der Waals surface area contributed by atoms with Crippen molar-refractivity contribution >= 4 is 11.8 Å². The van der Waals surface area contributed by atoms with Crippen molar-refractivity contribution in [1.29, 1.82) is 0 Å². The Morgan fingerprint density at radius 3 is 2.60 bits per heavy atom. The van der Waals surface area contributed by atoms with Crippen molar-refractivity contribution in [2.45, 2.75) is 65.9 Å². The van der Waals surface area contributed by atoms with E-state index >= 15 is 0 Å². The van der Waals surface area contributed by atoms with Crippen molar-refractivity contribution in [2.75, 3.05) is 7.11 Å². The first-order chi connectivity index (χ1) is 11.6. The van der Waals surface area contributed by atoms with Crippen LogP contribution in [0.4, 0.5) is 0 Å². The molecule has 1 fully saturated rings. The lowest BCUT2D eigenvalue weighted by Gasteiger charge is -2.57. The number of ketones is 1. The molecular formula is C21H30O4. The quantitative estimate of drug-likeness (QED) is 0.582. The summed E-state index contributed by atoms with van der Waals surface area (Å²) in [6, 6.07) is 0. The van der Waals surface area contributed by atoms with Crippen LogP contribution in [-0.2, 0) is 14.3 Å². The summed E-state index contributed by atoms with van der Waals surface area (Å²) in [5.74, 6) is -0.000733. The van der Waals surface area contributed by atoms with Crippen LogP contribution in [0.3, 0.4) is 0 Å². The maximum atomic E-state index is 13.0. The van der Waals surface area contributed by atoms with E-state index in [1.807, 2.05) is 6.92 Å². The Morgan fingerprint density at radius 2 is 1.96 bits per heavy atom. The van der Waals surface area contributed by atoms with Crippen LogP contribution in [0.2, 0.25) is 0 Å². The number of esters is 1. The van der Waals surface area contributed by atoms with E-state index in [1.165, 1.54) is 12.7 Å². The first kappa shape index (κ1) is 18.4. The van der Waals surface area contributed by atoms with Crippen LogP contribution in [-0.4, -0.2) is 30.1 Å². The van der Waals surface area contributed by atoms with E-state index in [0.29, 0.717) is 6.42 Å². The molecule has 138 valence electrons.